The van der Waals surface area contributed by atoms with E-state index in [0.29, 0.717) is 12.5 Å². The van der Waals surface area contributed by atoms with Crippen LogP contribution in [0.5, 0.6) is 0 Å². The second-order valence-corrected chi connectivity index (χ2v) is 5.27. The largest absolute Gasteiger partial charge is 0.381 e. The van der Waals surface area contributed by atoms with Gasteiger partial charge in [0.05, 0.1) is 12.5 Å². The van der Waals surface area contributed by atoms with Crippen molar-refractivity contribution in [1.82, 2.24) is 5.32 Å². The number of alkyl halides is 1. The van der Waals surface area contributed by atoms with E-state index in [0.717, 1.165) is 25.9 Å². The van der Waals surface area contributed by atoms with Crippen molar-refractivity contribution < 1.29 is 9.53 Å². The molecular formula is C15H20ClNO2. The molecule has 4 heteroatoms. The second-order valence-electron chi connectivity index (χ2n) is 4.96. The molecule has 19 heavy (non-hydrogen) atoms. The van der Waals surface area contributed by atoms with Gasteiger partial charge in [0.1, 0.15) is 0 Å². The summed E-state index contributed by atoms with van der Waals surface area (Å²) in [5.74, 6) is 0.477. The zero-order valence-corrected chi connectivity index (χ0v) is 11.7. The van der Waals surface area contributed by atoms with E-state index in [1.165, 1.54) is 5.56 Å². The third kappa shape index (κ3) is 4.51. The highest BCUT2D eigenvalue weighted by Gasteiger charge is 2.23. The molecule has 0 aliphatic carbocycles. The van der Waals surface area contributed by atoms with Gasteiger partial charge < -0.3 is 10.1 Å². The van der Waals surface area contributed by atoms with Gasteiger partial charge in [-0.1, -0.05) is 30.3 Å². The molecule has 1 saturated heterocycles. The minimum Gasteiger partial charge on any atom is -0.381 e. The molecule has 0 saturated carbocycles. The van der Waals surface area contributed by atoms with Crippen molar-refractivity contribution in [3.63, 3.8) is 0 Å². The van der Waals surface area contributed by atoms with Gasteiger partial charge >= 0.3 is 0 Å². The van der Waals surface area contributed by atoms with E-state index in [-0.39, 0.29) is 17.9 Å². The van der Waals surface area contributed by atoms with Gasteiger partial charge in [0.25, 0.3) is 0 Å². The van der Waals surface area contributed by atoms with Crippen LogP contribution in [-0.2, 0) is 16.0 Å². The quantitative estimate of drug-likeness (QED) is 0.842. The van der Waals surface area contributed by atoms with Crippen molar-refractivity contribution >= 4 is 17.5 Å². The Morgan fingerprint density at radius 2 is 2.21 bits per heavy atom. The maximum Gasteiger partial charge on any atom is 0.225 e. The van der Waals surface area contributed by atoms with Gasteiger partial charge in [-0.05, 0) is 24.8 Å². The van der Waals surface area contributed by atoms with Crippen molar-refractivity contribution in [2.24, 2.45) is 5.92 Å². The Kier molecular flexibility index (Phi) is 5.67. The summed E-state index contributed by atoms with van der Waals surface area (Å²) in [6.07, 6.45) is 2.64. The number of hydrogen-bond acceptors (Lipinski definition) is 2. The molecule has 1 N–H and O–H groups in total. The van der Waals surface area contributed by atoms with Crippen molar-refractivity contribution in [1.29, 1.82) is 0 Å². The SMILES string of the molecule is O=C(NC(CCl)Cc1ccccc1)C1CCCOC1. The Morgan fingerprint density at radius 1 is 1.42 bits per heavy atom. The second kappa shape index (κ2) is 7.51. The molecular weight excluding hydrogens is 262 g/mol. The maximum atomic E-state index is 12.1. The van der Waals surface area contributed by atoms with Gasteiger partial charge in [0, 0.05) is 18.5 Å². The van der Waals surface area contributed by atoms with Crippen LogP contribution in [-0.4, -0.2) is 31.0 Å². The maximum absolute atomic E-state index is 12.1. The van der Waals surface area contributed by atoms with Crippen LogP contribution in [0.25, 0.3) is 0 Å². The van der Waals surface area contributed by atoms with E-state index in [2.05, 4.69) is 17.4 Å². The Hall–Kier alpha value is -1.06. The minimum atomic E-state index is -0.0183. The van der Waals surface area contributed by atoms with Gasteiger partial charge in [0.2, 0.25) is 5.91 Å². The lowest BCUT2D eigenvalue weighted by molar-refractivity contribution is -0.129. The Morgan fingerprint density at radius 3 is 2.84 bits per heavy atom. The van der Waals surface area contributed by atoms with Crippen molar-refractivity contribution in [2.75, 3.05) is 19.1 Å². The number of rotatable bonds is 5. The zero-order chi connectivity index (χ0) is 13.5. The number of hydrogen-bond donors (Lipinski definition) is 1. The average Bonchev–Trinajstić information content (AvgIpc) is 2.48. The molecule has 1 aromatic rings. The standard InChI is InChI=1S/C15H20ClNO2/c16-10-14(9-12-5-2-1-3-6-12)17-15(18)13-7-4-8-19-11-13/h1-3,5-6,13-14H,4,7-11H2,(H,17,18). The van der Waals surface area contributed by atoms with E-state index in [1.807, 2.05) is 18.2 Å². The predicted octanol–water partition coefficient (Wildman–Crippen LogP) is 2.38. The highest BCUT2D eigenvalue weighted by atomic mass is 35.5. The molecule has 1 aliphatic heterocycles. The van der Waals surface area contributed by atoms with Gasteiger partial charge in [-0.3, -0.25) is 4.79 Å². The summed E-state index contributed by atoms with van der Waals surface area (Å²) in [6.45, 7) is 1.30. The number of carbonyl (C=O) groups excluding carboxylic acids is 1. The monoisotopic (exact) mass is 281 g/mol. The molecule has 0 aromatic heterocycles. The first kappa shape index (κ1) is 14.4. The first-order valence-corrected chi connectivity index (χ1v) is 7.31. The Labute approximate surface area is 119 Å². The van der Waals surface area contributed by atoms with Crippen LogP contribution in [0.3, 0.4) is 0 Å². The fraction of sp³-hybridized carbons (Fsp3) is 0.533. The molecule has 2 unspecified atom stereocenters. The van der Waals surface area contributed by atoms with E-state index in [4.69, 9.17) is 16.3 Å². The van der Waals surface area contributed by atoms with Crippen LogP contribution in [0.4, 0.5) is 0 Å². The number of benzene rings is 1. The lowest BCUT2D eigenvalue weighted by atomic mass is 10.00. The predicted molar refractivity (Wildman–Crippen MR) is 76.3 cm³/mol. The number of halogens is 1. The van der Waals surface area contributed by atoms with Crippen molar-refractivity contribution in [3.8, 4) is 0 Å². The lowest BCUT2D eigenvalue weighted by Crippen LogP contribution is -2.43. The number of nitrogens with one attached hydrogen (secondary N) is 1. The highest BCUT2D eigenvalue weighted by Crippen LogP contribution is 2.14. The summed E-state index contributed by atoms with van der Waals surface area (Å²) >= 11 is 5.95. The first-order chi connectivity index (χ1) is 9.29. The molecule has 2 atom stereocenters. The van der Waals surface area contributed by atoms with Gasteiger partial charge in [-0.25, -0.2) is 0 Å². The van der Waals surface area contributed by atoms with Gasteiger partial charge in [-0.2, -0.15) is 0 Å². The third-order valence-corrected chi connectivity index (χ3v) is 3.76. The summed E-state index contributed by atoms with van der Waals surface area (Å²) < 4.78 is 5.34. The molecule has 2 rings (SSSR count). The summed E-state index contributed by atoms with van der Waals surface area (Å²) in [7, 11) is 0. The summed E-state index contributed by atoms with van der Waals surface area (Å²) in [5.41, 5.74) is 1.19. The normalized spacial score (nSPS) is 20.8. The minimum absolute atomic E-state index is 0.0153. The van der Waals surface area contributed by atoms with Gasteiger partial charge in [-0.15, -0.1) is 11.6 Å². The first-order valence-electron chi connectivity index (χ1n) is 6.77. The van der Waals surface area contributed by atoms with E-state index < -0.39 is 0 Å². The highest BCUT2D eigenvalue weighted by molar-refractivity contribution is 6.18. The molecule has 0 bridgehead atoms. The number of carbonyl (C=O) groups is 1. The molecule has 0 radical (unpaired) electrons. The summed E-state index contributed by atoms with van der Waals surface area (Å²) in [6, 6.07) is 10.1. The van der Waals surface area contributed by atoms with Crippen molar-refractivity contribution in [3.05, 3.63) is 35.9 Å². The number of ether oxygens (including phenoxy) is 1. The molecule has 0 spiro atoms. The van der Waals surface area contributed by atoms with Crippen LogP contribution in [0.15, 0.2) is 30.3 Å². The summed E-state index contributed by atoms with van der Waals surface area (Å²) in [4.78, 5) is 12.1. The Balaban J connectivity index is 1.86. The van der Waals surface area contributed by atoms with Crippen LogP contribution in [0.1, 0.15) is 18.4 Å². The van der Waals surface area contributed by atoms with E-state index in [1.54, 1.807) is 0 Å². The smallest absolute Gasteiger partial charge is 0.225 e. The van der Waals surface area contributed by atoms with Crippen LogP contribution in [0, 0.1) is 5.92 Å². The van der Waals surface area contributed by atoms with Crippen molar-refractivity contribution in [2.45, 2.75) is 25.3 Å². The fourth-order valence-electron chi connectivity index (χ4n) is 2.31. The average molecular weight is 282 g/mol. The van der Waals surface area contributed by atoms with E-state index in [9.17, 15) is 4.79 Å². The molecule has 1 amide bonds. The molecule has 1 aliphatic rings. The van der Waals surface area contributed by atoms with E-state index >= 15 is 0 Å². The topological polar surface area (TPSA) is 38.3 Å². The zero-order valence-electron chi connectivity index (χ0n) is 11.0. The molecule has 3 nitrogen and oxygen atoms in total. The fourth-order valence-corrected chi connectivity index (χ4v) is 2.50. The molecule has 104 valence electrons. The molecule has 1 heterocycles. The summed E-state index contributed by atoms with van der Waals surface area (Å²) in [5, 5.41) is 3.03. The van der Waals surface area contributed by atoms with Crippen LogP contribution >= 0.6 is 11.6 Å². The number of amides is 1. The lowest BCUT2D eigenvalue weighted by Gasteiger charge is -2.24. The third-order valence-electron chi connectivity index (χ3n) is 3.39. The molecule has 1 aromatic carbocycles. The van der Waals surface area contributed by atoms with Crippen LogP contribution in [0.2, 0.25) is 0 Å². The molecule has 1 fully saturated rings. The van der Waals surface area contributed by atoms with Crippen LogP contribution < -0.4 is 5.32 Å². The Bertz CT molecular complexity index is 390. The van der Waals surface area contributed by atoms with Gasteiger partial charge in [0.15, 0.2) is 0 Å².